The third kappa shape index (κ3) is 4.17. The lowest BCUT2D eigenvalue weighted by molar-refractivity contribution is -0.248. The maximum Gasteiger partial charge on any atom is 0.220 e. The predicted octanol–water partition coefficient (Wildman–Crippen LogP) is 2.89. The zero-order valence-electron chi connectivity index (χ0n) is 12.5. The molecule has 0 spiro atoms. The van der Waals surface area contributed by atoms with Crippen molar-refractivity contribution in [3.8, 4) is 0 Å². The normalized spacial score (nSPS) is 25.5. The summed E-state index contributed by atoms with van der Waals surface area (Å²) in [6.07, 6.45) is 3.32. The lowest BCUT2D eigenvalue weighted by atomic mass is 9.87. The van der Waals surface area contributed by atoms with Crippen LogP contribution in [0.2, 0.25) is 0 Å². The van der Waals surface area contributed by atoms with Crippen LogP contribution in [0, 0.1) is 5.92 Å². The maximum absolute atomic E-state index is 12.2. The van der Waals surface area contributed by atoms with Gasteiger partial charge in [-0.1, -0.05) is 15.9 Å². The monoisotopic (exact) mass is 333 g/mol. The fourth-order valence-corrected chi connectivity index (χ4v) is 3.31. The highest BCUT2D eigenvalue weighted by molar-refractivity contribution is 9.09. The van der Waals surface area contributed by atoms with E-state index in [4.69, 9.17) is 0 Å². The number of nitrogens with zero attached hydrogens (tertiary/aromatic N) is 1. The lowest BCUT2D eigenvalue weighted by Crippen LogP contribution is -2.48. The van der Waals surface area contributed by atoms with Crippen LogP contribution < -0.4 is 5.32 Å². The van der Waals surface area contributed by atoms with E-state index in [9.17, 15) is 10.0 Å². The van der Waals surface area contributed by atoms with Gasteiger partial charge in [-0.2, -0.15) is 0 Å². The molecule has 1 fully saturated rings. The van der Waals surface area contributed by atoms with Gasteiger partial charge in [-0.05, 0) is 52.9 Å². The number of alkyl halides is 1. The highest BCUT2D eigenvalue weighted by Gasteiger charge is 2.52. The quantitative estimate of drug-likeness (QED) is 0.600. The molecule has 0 bridgehead atoms. The van der Waals surface area contributed by atoms with Gasteiger partial charge in [-0.25, -0.2) is 0 Å². The molecule has 1 saturated heterocycles. The number of unbranched alkanes of at least 4 members (excludes halogenated alkanes) is 1. The Morgan fingerprint density at radius 3 is 2.42 bits per heavy atom. The van der Waals surface area contributed by atoms with Crippen LogP contribution >= 0.6 is 15.9 Å². The standard InChI is InChI=1S/C14H26BrN2O2/c1-13(2)9-11(14(3,4)17(13)19)10-16-12(18)7-5-6-8-15/h11H,5-10H2,1-4H3,(H,16,18). The molecule has 0 aromatic heterocycles. The first kappa shape index (κ1) is 16.9. The molecular formula is C14H26BrN2O2. The smallest absolute Gasteiger partial charge is 0.220 e. The number of carbonyl (C=O) groups is 1. The molecular weight excluding hydrogens is 308 g/mol. The number of hydrogen-bond donors (Lipinski definition) is 1. The van der Waals surface area contributed by atoms with Crippen molar-refractivity contribution in [1.29, 1.82) is 0 Å². The molecule has 1 amide bonds. The van der Waals surface area contributed by atoms with E-state index in [1.165, 1.54) is 5.06 Å². The highest BCUT2D eigenvalue weighted by Crippen LogP contribution is 2.43. The summed E-state index contributed by atoms with van der Waals surface area (Å²) in [6, 6.07) is 0. The number of hydrogen-bond acceptors (Lipinski definition) is 2. The van der Waals surface area contributed by atoms with Gasteiger partial charge in [0, 0.05) is 29.4 Å². The molecule has 0 aliphatic carbocycles. The minimum Gasteiger partial charge on any atom is -0.356 e. The van der Waals surface area contributed by atoms with E-state index in [1.54, 1.807) is 0 Å². The van der Waals surface area contributed by atoms with Crippen molar-refractivity contribution in [3.63, 3.8) is 0 Å². The number of nitrogens with one attached hydrogen (secondary N) is 1. The highest BCUT2D eigenvalue weighted by atomic mass is 79.9. The van der Waals surface area contributed by atoms with Crippen molar-refractivity contribution in [1.82, 2.24) is 10.4 Å². The third-order valence-corrected chi connectivity index (χ3v) is 4.71. The van der Waals surface area contributed by atoms with Crippen molar-refractivity contribution in [2.24, 2.45) is 5.92 Å². The van der Waals surface area contributed by atoms with Gasteiger partial charge in [-0.3, -0.25) is 4.79 Å². The topological polar surface area (TPSA) is 52.2 Å². The van der Waals surface area contributed by atoms with Crippen LogP contribution in [0.4, 0.5) is 0 Å². The van der Waals surface area contributed by atoms with Gasteiger partial charge in [0.05, 0.1) is 0 Å². The van der Waals surface area contributed by atoms with Crippen LogP contribution in [0.1, 0.15) is 53.4 Å². The van der Waals surface area contributed by atoms with E-state index in [0.717, 1.165) is 24.6 Å². The molecule has 1 aliphatic rings. The lowest BCUT2D eigenvalue weighted by Gasteiger charge is -2.33. The van der Waals surface area contributed by atoms with Gasteiger partial charge in [0.25, 0.3) is 0 Å². The molecule has 0 aromatic carbocycles. The first-order chi connectivity index (χ1) is 8.71. The Bertz CT molecular complexity index is 319. The van der Waals surface area contributed by atoms with Crippen molar-refractivity contribution in [3.05, 3.63) is 0 Å². The fourth-order valence-electron chi connectivity index (χ4n) is 2.91. The number of hydroxylamine groups is 2. The van der Waals surface area contributed by atoms with E-state index in [1.807, 2.05) is 27.7 Å². The zero-order chi connectivity index (χ0) is 14.7. The Morgan fingerprint density at radius 2 is 1.95 bits per heavy atom. The van der Waals surface area contributed by atoms with Gasteiger partial charge in [0.2, 0.25) is 5.91 Å². The Balaban J connectivity index is 2.43. The first-order valence-corrected chi connectivity index (χ1v) is 8.14. The van der Waals surface area contributed by atoms with Crippen molar-refractivity contribution in [2.45, 2.75) is 64.5 Å². The summed E-state index contributed by atoms with van der Waals surface area (Å²) in [6.45, 7) is 8.48. The second-order valence-electron chi connectivity index (χ2n) is 6.61. The summed E-state index contributed by atoms with van der Waals surface area (Å²) >= 11 is 3.35. The SMILES string of the molecule is CC1(C)CC(CNC(=O)CCCCBr)C(C)(C)N1[O]. The van der Waals surface area contributed by atoms with E-state index in [2.05, 4.69) is 21.2 Å². The van der Waals surface area contributed by atoms with Crippen LogP contribution in [0.15, 0.2) is 0 Å². The Labute approximate surface area is 125 Å². The molecule has 0 aromatic rings. The number of halogens is 1. The minimum atomic E-state index is -0.410. The zero-order valence-corrected chi connectivity index (χ0v) is 14.0. The van der Waals surface area contributed by atoms with Crippen molar-refractivity contribution in [2.75, 3.05) is 11.9 Å². The van der Waals surface area contributed by atoms with Crippen LogP contribution in [0.3, 0.4) is 0 Å². The summed E-state index contributed by atoms with van der Waals surface area (Å²) in [5.74, 6) is 0.305. The number of rotatable bonds is 6. The Kier molecular flexibility index (Phi) is 5.83. The summed E-state index contributed by atoms with van der Waals surface area (Å²) in [7, 11) is 0. The molecule has 1 rings (SSSR count). The van der Waals surface area contributed by atoms with Gasteiger partial charge in [0.15, 0.2) is 0 Å². The van der Waals surface area contributed by atoms with Crippen LogP contribution in [0.5, 0.6) is 0 Å². The van der Waals surface area contributed by atoms with Gasteiger partial charge < -0.3 is 5.32 Å². The molecule has 1 aliphatic heterocycles. The molecule has 111 valence electrons. The molecule has 1 heterocycles. The fraction of sp³-hybridized carbons (Fsp3) is 0.929. The van der Waals surface area contributed by atoms with Crippen molar-refractivity contribution < 1.29 is 10.0 Å². The molecule has 1 N–H and O–H groups in total. The number of carbonyl (C=O) groups excluding carboxylic acids is 1. The molecule has 19 heavy (non-hydrogen) atoms. The first-order valence-electron chi connectivity index (χ1n) is 7.02. The summed E-state index contributed by atoms with van der Waals surface area (Å²) < 4.78 is 0. The maximum atomic E-state index is 12.2. The van der Waals surface area contributed by atoms with E-state index < -0.39 is 5.54 Å². The second kappa shape index (κ2) is 6.55. The summed E-state index contributed by atoms with van der Waals surface area (Å²) in [4.78, 5) is 11.7. The summed E-state index contributed by atoms with van der Waals surface area (Å²) in [5.41, 5.74) is -0.749. The summed E-state index contributed by atoms with van der Waals surface area (Å²) in [5, 5.41) is 17.3. The predicted molar refractivity (Wildman–Crippen MR) is 79.4 cm³/mol. The Hall–Kier alpha value is -0.130. The molecule has 5 heteroatoms. The average Bonchev–Trinajstić information content (AvgIpc) is 2.47. The second-order valence-corrected chi connectivity index (χ2v) is 7.40. The van der Waals surface area contributed by atoms with Gasteiger partial charge in [-0.15, -0.1) is 10.3 Å². The van der Waals surface area contributed by atoms with Crippen LogP contribution in [-0.4, -0.2) is 33.9 Å². The van der Waals surface area contributed by atoms with E-state index in [-0.39, 0.29) is 17.4 Å². The minimum absolute atomic E-state index is 0.0962. The third-order valence-electron chi connectivity index (χ3n) is 4.15. The average molecular weight is 334 g/mol. The Morgan fingerprint density at radius 1 is 1.32 bits per heavy atom. The van der Waals surface area contributed by atoms with Gasteiger partial charge >= 0.3 is 0 Å². The van der Waals surface area contributed by atoms with Crippen LogP contribution in [-0.2, 0) is 10.0 Å². The largest absolute Gasteiger partial charge is 0.356 e. The van der Waals surface area contributed by atoms with E-state index in [0.29, 0.717) is 13.0 Å². The molecule has 1 radical (unpaired) electrons. The molecule has 4 nitrogen and oxygen atoms in total. The van der Waals surface area contributed by atoms with Crippen molar-refractivity contribution >= 4 is 21.8 Å². The molecule has 0 saturated carbocycles. The molecule has 1 atom stereocenters. The number of amides is 1. The molecule has 1 unspecified atom stereocenters. The van der Waals surface area contributed by atoms with Crippen LogP contribution in [0.25, 0.3) is 0 Å². The van der Waals surface area contributed by atoms with E-state index >= 15 is 0 Å². The van der Waals surface area contributed by atoms with Gasteiger partial charge in [0.1, 0.15) is 0 Å².